The van der Waals surface area contributed by atoms with Gasteiger partial charge in [0.1, 0.15) is 28.4 Å². The summed E-state index contributed by atoms with van der Waals surface area (Å²) in [6.45, 7) is 5.17. The first-order valence-electron chi connectivity index (χ1n) is 20.0. The molecule has 2 unspecified atom stereocenters. The Morgan fingerprint density at radius 2 is 1.77 bits per heavy atom. The molecule has 0 amide bonds. The van der Waals surface area contributed by atoms with E-state index in [2.05, 4.69) is 20.6 Å². The van der Waals surface area contributed by atoms with Gasteiger partial charge in [-0.3, -0.25) is 9.58 Å². The van der Waals surface area contributed by atoms with Gasteiger partial charge in [-0.15, -0.1) is 6.42 Å². The normalized spacial score (nSPS) is 25.0. The second-order valence-corrected chi connectivity index (χ2v) is 17.1. The molecule has 5 heterocycles. The Bertz CT molecular complexity index is 2470. The van der Waals surface area contributed by atoms with Crippen molar-refractivity contribution in [2.45, 2.75) is 56.5 Å². The van der Waals surface area contributed by atoms with Crippen molar-refractivity contribution >= 4 is 38.4 Å². The van der Waals surface area contributed by atoms with Crippen molar-refractivity contribution in [1.29, 1.82) is 0 Å². The lowest BCUT2D eigenvalue weighted by atomic mass is 9.91. The summed E-state index contributed by atoms with van der Waals surface area (Å²) in [6, 6.07) is 5.85. The van der Waals surface area contributed by atoms with E-state index < -0.39 is 29.4 Å². The Balaban J connectivity index is 1.10. The first-order valence-corrected chi connectivity index (χ1v) is 20.0. The van der Waals surface area contributed by atoms with Crippen LogP contribution in [0.25, 0.3) is 43.7 Å². The van der Waals surface area contributed by atoms with Crippen LogP contribution in [0, 0.1) is 41.2 Å². The van der Waals surface area contributed by atoms with Gasteiger partial charge in [-0.05, 0) is 74.2 Å². The predicted molar refractivity (Wildman–Crippen MR) is 209 cm³/mol. The van der Waals surface area contributed by atoms with Gasteiger partial charge in [-0.1, -0.05) is 12.0 Å². The number of terminal acetylenes is 1. The fourth-order valence-electron chi connectivity index (χ4n) is 10.3. The second-order valence-electron chi connectivity index (χ2n) is 17.1. The van der Waals surface area contributed by atoms with Crippen molar-refractivity contribution in [1.82, 2.24) is 29.5 Å². The smallest absolute Gasteiger partial charge is 0.319 e. The molecule has 298 valence electrons. The van der Waals surface area contributed by atoms with Gasteiger partial charge in [-0.2, -0.15) is 15.1 Å². The van der Waals surface area contributed by atoms with Crippen molar-refractivity contribution in [3.8, 4) is 35.2 Å². The Labute approximate surface area is 327 Å². The number of fused-ring (bicyclic) bond motifs is 7. The average Bonchev–Trinajstić information content (AvgIpc) is 3.97. The van der Waals surface area contributed by atoms with Crippen molar-refractivity contribution in [2.75, 3.05) is 64.5 Å². The third-order valence-corrected chi connectivity index (χ3v) is 13.3. The first-order chi connectivity index (χ1) is 27.5. The topological polar surface area (TPSA) is 92.0 Å². The average molecular weight is 784 g/mol. The van der Waals surface area contributed by atoms with Gasteiger partial charge in [0.15, 0.2) is 5.82 Å². The molecule has 3 aromatic carbocycles. The predicted octanol–water partition coefficient (Wildman–Crippen LogP) is 6.74. The van der Waals surface area contributed by atoms with Gasteiger partial charge in [0.25, 0.3) is 5.92 Å². The van der Waals surface area contributed by atoms with E-state index in [-0.39, 0.29) is 63.5 Å². The number of likely N-dealkylation sites (tertiary alicyclic amines) is 2. The van der Waals surface area contributed by atoms with Crippen LogP contribution in [0.15, 0.2) is 30.5 Å². The van der Waals surface area contributed by atoms with E-state index in [0.29, 0.717) is 60.2 Å². The monoisotopic (exact) mass is 783 g/mol. The highest BCUT2D eigenvalue weighted by molar-refractivity contribution is 6.18. The third-order valence-electron chi connectivity index (χ3n) is 13.3. The Hall–Kier alpha value is -4.71. The molecule has 2 bridgehead atoms. The molecule has 5 aromatic rings. The van der Waals surface area contributed by atoms with Crippen molar-refractivity contribution in [3.63, 3.8) is 0 Å². The van der Waals surface area contributed by atoms with E-state index in [1.807, 2.05) is 6.20 Å². The molecule has 57 heavy (non-hydrogen) atoms. The molecular formula is C43H45F4N7O3. The Morgan fingerprint density at radius 3 is 2.49 bits per heavy atom. The lowest BCUT2D eigenvalue weighted by Gasteiger charge is -2.42. The third kappa shape index (κ3) is 6.07. The van der Waals surface area contributed by atoms with Gasteiger partial charge < -0.3 is 24.4 Å². The minimum Gasteiger partial charge on any atom is -0.508 e. The number of hydrogen-bond acceptors (Lipinski definition) is 9. The van der Waals surface area contributed by atoms with Crippen molar-refractivity contribution < 1.29 is 32.1 Å². The number of nitrogens with zero attached hydrogens (tertiary/aromatic N) is 7. The molecule has 2 aromatic heterocycles. The van der Waals surface area contributed by atoms with Crippen LogP contribution in [-0.4, -0.2) is 112 Å². The van der Waals surface area contributed by atoms with Crippen LogP contribution in [0.3, 0.4) is 0 Å². The summed E-state index contributed by atoms with van der Waals surface area (Å²) in [5.41, 5.74) is 0.257. The van der Waals surface area contributed by atoms with Crippen LogP contribution in [0.2, 0.25) is 0 Å². The van der Waals surface area contributed by atoms with Crippen LogP contribution in [0.5, 0.6) is 11.8 Å². The molecule has 10 nitrogen and oxygen atoms in total. The van der Waals surface area contributed by atoms with Gasteiger partial charge in [0.2, 0.25) is 0 Å². The number of piperazine rings is 1. The maximum atomic E-state index is 17.8. The van der Waals surface area contributed by atoms with E-state index in [9.17, 15) is 13.9 Å². The van der Waals surface area contributed by atoms with Crippen LogP contribution in [0.1, 0.15) is 44.1 Å². The summed E-state index contributed by atoms with van der Waals surface area (Å²) in [4.78, 5) is 16.8. The molecule has 3 aliphatic heterocycles. The van der Waals surface area contributed by atoms with Crippen molar-refractivity contribution in [3.05, 3.63) is 47.7 Å². The summed E-state index contributed by atoms with van der Waals surface area (Å²) in [5, 5.41) is 17.5. The molecule has 14 heteroatoms. The van der Waals surface area contributed by atoms with Gasteiger partial charge in [0.05, 0.1) is 17.6 Å². The van der Waals surface area contributed by atoms with E-state index in [1.165, 1.54) is 24.3 Å². The lowest BCUT2D eigenvalue weighted by Crippen LogP contribution is -2.54. The number of rotatable bonds is 11. The van der Waals surface area contributed by atoms with E-state index in [1.54, 1.807) is 18.8 Å². The number of piperidine rings is 1. The minimum absolute atomic E-state index is 0.0189. The fourth-order valence-corrected chi connectivity index (χ4v) is 10.3. The number of aryl methyl sites for hydroxylation is 1. The standard InChI is InChI=1S/C43H45F4N7O3/c1-4-28-33(44)9-6-24-16-27(55)17-29(34(24)28)35-37(45)39-36(30-20-51(2)50-38(30)35)40(54-25-7-8-26(54)19-52(18-25)13-5-15-56-3)49-41(48-39)57-23-42(11-12-42)22-53-14-10-31-32(21-53)43(31,46)47/h1,6,9,16-17,20,25-26,31-32,55H,5,7-8,10-15,18-19,21-23H2,2-3H3/t25-,26+,31?,32?. The number of methoxy groups -OCH3 is 1. The highest BCUT2D eigenvalue weighted by Crippen LogP contribution is 2.60. The second kappa shape index (κ2) is 13.4. The van der Waals surface area contributed by atoms with E-state index >= 15 is 8.78 Å². The van der Waals surface area contributed by atoms with Gasteiger partial charge in [-0.25, -0.2) is 17.6 Å². The number of halogens is 4. The molecule has 10 rings (SSSR count). The quantitative estimate of drug-likeness (QED) is 0.0890. The number of alkyl halides is 2. The maximum absolute atomic E-state index is 17.8. The SMILES string of the molecule is C#Cc1c(F)ccc2cc(O)cc(-c3c(F)c4nc(OCC5(CN6CCC7C(C6)C7(F)F)CC5)nc(N5[C@@H]6CC[C@H]5CN(CCCOC)C6)c4c4cn(C)nc34)c12. The molecule has 3 saturated heterocycles. The number of aromatic nitrogens is 4. The number of benzene rings is 3. The summed E-state index contributed by atoms with van der Waals surface area (Å²) in [5.74, 6) is -2.11. The molecule has 0 spiro atoms. The summed E-state index contributed by atoms with van der Waals surface area (Å²) in [6.07, 6.45) is 12.7. The molecule has 2 aliphatic carbocycles. The molecule has 4 atom stereocenters. The molecule has 1 N–H and O–H groups in total. The zero-order chi connectivity index (χ0) is 39.4. The molecular weight excluding hydrogens is 739 g/mol. The van der Waals surface area contributed by atoms with Crippen LogP contribution in [0.4, 0.5) is 23.4 Å². The molecule has 5 fully saturated rings. The highest BCUT2D eigenvalue weighted by Gasteiger charge is 2.69. The first kappa shape index (κ1) is 36.6. The van der Waals surface area contributed by atoms with Gasteiger partial charge in [0, 0.05) is 105 Å². The number of hydrogen-bond donors (Lipinski definition) is 1. The Kier molecular flexibility index (Phi) is 8.63. The van der Waals surface area contributed by atoms with Crippen molar-refractivity contribution in [2.24, 2.45) is 24.3 Å². The summed E-state index contributed by atoms with van der Waals surface area (Å²) < 4.78 is 75.0. The number of phenolic OH excluding ortho intramolecular Hbond substituents is 1. The zero-order valence-electron chi connectivity index (χ0n) is 32.1. The van der Waals surface area contributed by atoms with Crippen LogP contribution < -0.4 is 9.64 Å². The summed E-state index contributed by atoms with van der Waals surface area (Å²) >= 11 is 0. The number of aromatic hydroxyl groups is 1. The van der Waals surface area contributed by atoms with Gasteiger partial charge >= 0.3 is 6.01 Å². The highest BCUT2D eigenvalue weighted by atomic mass is 19.3. The largest absolute Gasteiger partial charge is 0.508 e. The minimum atomic E-state index is -2.56. The van der Waals surface area contributed by atoms with Crippen LogP contribution in [-0.2, 0) is 11.8 Å². The van der Waals surface area contributed by atoms with Crippen LogP contribution >= 0.6 is 0 Å². The zero-order valence-corrected chi connectivity index (χ0v) is 32.1. The summed E-state index contributed by atoms with van der Waals surface area (Å²) in [7, 11) is 3.46. The lowest BCUT2D eigenvalue weighted by molar-refractivity contribution is 0.0827. The number of ether oxygens (including phenoxy) is 2. The van der Waals surface area contributed by atoms with E-state index in [4.69, 9.17) is 31.0 Å². The molecule has 2 saturated carbocycles. The maximum Gasteiger partial charge on any atom is 0.319 e. The number of anilines is 1. The van der Waals surface area contributed by atoms with E-state index in [0.717, 1.165) is 51.7 Å². The fraction of sp³-hybridized carbons (Fsp3) is 0.512. The molecule has 5 aliphatic rings. The Morgan fingerprint density at radius 1 is 0.982 bits per heavy atom. The number of phenols is 1. The molecule has 0 radical (unpaired) electrons.